The molecule has 3 atom stereocenters. The van der Waals surface area contributed by atoms with E-state index in [2.05, 4.69) is 83.6 Å². The summed E-state index contributed by atoms with van der Waals surface area (Å²) in [5.41, 5.74) is 7.65. The van der Waals surface area contributed by atoms with Crippen LogP contribution in [0.3, 0.4) is 0 Å². The molecule has 9 aromatic carbocycles. The first kappa shape index (κ1) is 96.3. The monoisotopic (exact) mass is 1730 g/mol. The smallest absolute Gasteiger partial charge is 1.00 e. The van der Waals surface area contributed by atoms with Gasteiger partial charge in [-0.15, -0.1) is 0 Å². The Labute approximate surface area is 732 Å². The molecule has 101 heavy (non-hydrogen) atoms. The van der Waals surface area contributed by atoms with Crippen LogP contribution in [-0.2, 0) is 33.5 Å². The summed E-state index contributed by atoms with van der Waals surface area (Å²) in [4.78, 5) is 60.1. The normalized spacial score (nSPS) is 10.6. The molecule has 3 unspecified atom stereocenters. The Morgan fingerprint density at radius 3 is 1.23 bits per heavy atom. The number of nitrogens with zero attached hydrogens (tertiary/aromatic N) is 3. The van der Waals surface area contributed by atoms with E-state index < -0.39 is 24.1 Å². The summed E-state index contributed by atoms with van der Waals surface area (Å²) in [5.74, 6) is -0.0293. The number of carbonyl (C=O) groups excluding carboxylic acids is 3. The predicted molar refractivity (Wildman–Crippen MR) is 394 cm³/mol. The van der Waals surface area contributed by atoms with Gasteiger partial charge in [-0.2, -0.15) is 0 Å². The molecule has 3 aromatic heterocycles. The molecule has 0 saturated carbocycles. The Morgan fingerprint density at radius 1 is 0.515 bits per heavy atom. The summed E-state index contributed by atoms with van der Waals surface area (Å²) in [6, 6.07) is 58.8. The second-order valence-electron chi connectivity index (χ2n) is 19.0. The van der Waals surface area contributed by atoms with Gasteiger partial charge in [0, 0.05) is 39.6 Å². The number of alkyl halides is 1. The number of carboxylic acids is 1. The number of halogens is 7. The number of hydrogen-bond donors (Lipinski definition) is 2. The van der Waals surface area contributed by atoms with Crippen molar-refractivity contribution in [2.45, 2.75) is 60.6 Å². The van der Waals surface area contributed by atoms with Gasteiger partial charge in [0.25, 0.3) is 6.47 Å². The number of aromatic nitrogens is 3. The molecule has 19 nitrogen and oxygen atoms in total. The van der Waals surface area contributed by atoms with Crippen LogP contribution in [0, 0.1) is 0 Å². The number of carbonyl (C=O) groups is 4. The number of para-hydroxylation sites is 6. The van der Waals surface area contributed by atoms with Crippen LogP contribution in [0.1, 0.15) is 78.7 Å². The number of fused-ring (bicyclic) bond motifs is 3. The van der Waals surface area contributed by atoms with E-state index in [0.29, 0.717) is 106 Å². The molecule has 0 aliphatic heterocycles. The summed E-state index contributed by atoms with van der Waals surface area (Å²) >= 11 is 31.7. The van der Waals surface area contributed by atoms with Crippen molar-refractivity contribution in [2.75, 3.05) is 13.2 Å². The van der Waals surface area contributed by atoms with Crippen LogP contribution in [0.25, 0.3) is 67.7 Å². The fraction of sp³-hybridized carbons (Fsp3) is 0.153. The minimum atomic E-state index is -1.21. The van der Waals surface area contributed by atoms with Crippen LogP contribution in [0.4, 0.5) is 0 Å². The molecule has 0 saturated heterocycles. The van der Waals surface area contributed by atoms with Gasteiger partial charge < -0.3 is 59.5 Å². The number of benzene rings is 9. The molecule has 0 bridgehead atoms. The van der Waals surface area contributed by atoms with E-state index in [9.17, 15) is 24.6 Å². The van der Waals surface area contributed by atoms with Crippen molar-refractivity contribution in [1.29, 1.82) is 0 Å². The molecular formula is C72H67Br4Cl3K2LiN3O16. The van der Waals surface area contributed by atoms with Crippen LogP contribution >= 0.6 is 98.5 Å². The minimum absolute atomic E-state index is 0. The maximum atomic E-state index is 12.7. The third-order valence-corrected chi connectivity index (χ3v) is 15.7. The zero-order valence-corrected chi connectivity index (χ0v) is 66.8. The number of oxazole rings is 3. The van der Waals surface area contributed by atoms with E-state index in [4.69, 9.17) is 77.1 Å². The van der Waals surface area contributed by atoms with Gasteiger partial charge in [0.15, 0.2) is 16.7 Å². The van der Waals surface area contributed by atoms with Gasteiger partial charge in [-0.05, 0) is 147 Å². The molecule has 12 aromatic rings. The molecule has 0 spiro atoms. The van der Waals surface area contributed by atoms with Crippen LogP contribution in [0.5, 0.6) is 17.2 Å². The third-order valence-electron chi connectivity index (χ3n) is 12.6. The fourth-order valence-corrected chi connectivity index (χ4v) is 10.7. The quantitative estimate of drug-likeness (QED) is 0.0227. The molecule has 0 radical (unpaired) electrons. The van der Waals surface area contributed by atoms with E-state index in [-0.39, 0.29) is 188 Å². The van der Waals surface area contributed by atoms with Crippen molar-refractivity contribution in [3.8, 4) is 51.6 Å². The number of carboxylic acid groups (broad SMARTS) is 1. The number of esters is 2. The van der Waals surface area contributed by atoms with E-state index in [0.717, 1.165) is 24.5 Å². The van der Waals surface area contributed by atoms with Crippen molar-refractivity contribution in [1.82, 2.24) is 15.0 Å². The van der Waals surface area contributed by atoms with E-state index in [1.807, 2.05) is 115 Å². The van der Waals surface area contributed by atoms with Gasteiger partial charge >= 0.3 is 140 Å². The third kappa shape index (κ3) is 27.9. The zero-order chi connectivity index (χ0) is 66.6. The van der Waals surface area contributed by atoms with Crippen LogP contribution in [-0.4, -0.2) is 68.2 Å². The van der Waals surface area contributed by atoms with E-state index in [1.54, 1.807) is 92.7 Å². The summed E-state index contributed by atoms with van der Waals surface area (Å²) in [5, 5.41) is 29.4. The van der Waals surface area contributed by atoms with Crippen molar-refractivity contribution in [3.63, 3.8) is 0 Å². The topological polar surface area (TPSA) is 286 Å². The number of rotatable bonds is 16. The van der Waals surface area contributed by atoms with Gasteiger partial charge in [-0.3, -0.25) is 9.59 Å². The van der Waals surface area contributed by atoms with Gasteiger partial charge in [0.05, 0.1) is 29.9 Å². The molecule has 0 aliphatic carbocycles. The second kappa shape index (κ2) is 48.4. The van der Waals surface area contributed by atoms with E-state index in [1.165, 1.54) is 6.07 Å². The fourth-order valence-electron chi connectivity index (χ4n) is 8.53. The Hall–Kier alpha value is -4.75. The Morgan fingerprint density at radius 2 is 0.851 bits per heavy atom. The number of aromatic hydroxyl groups is 1. The maximum Gasteiger partial charge on any atom is 1.00 e. The summed E-state index contributed by atoms with van der Waals surface area (Å²) < 4.78 is 42.0. The molecule has 3 N–H and O–H groups in total. The first-order chi connectivity index (χ1) is 44.9. The van der Waals surface area contributed by atoms with Crippen molar-refractivity contribution in [3.05, 3.63) is 245 Å². The zero-order valence-electron chi connectivity index (χ0n) is 52.9. The van der Waals surface area contributed by atoms with Gasteiger partial charge in [-0.1, -0.05) is 201 Å². The molecule has 0 amide bonds. The SMILES string of the molecule is C.C.C.C.CCOC(=O)C(Br)c1cccc(Br)c1.CCOC(=O)C(Oc1ccc(Cl)cc1-c1nc2ccccc2o1)c1cccc(Br)c1.O=C(O)C(Oc1ccc(Cl)cc1-c1nc2ccccc2o1)c1cccc(Br)c1.O=CO[O-].Oc1ccc(Cl)cc1-c1nc2ccccc2o1.[H-].[K+].[K+].[Li+].[OH-]. The van der Waals surface area contributed by atoms with Gasteiger partial charge in [-0.25, -0.2) is 24.5 Å². The van der Waals surface area contributed by atoms with Gasteiger partial charge in [0.1, 0.15) is 38.6 Å². The molecule has 12 rings (SSSR count). The maximum absolute atomic E-state index is 12.7. The minimum Gasteiger partial charge on any atom is -1.00 e. The van der Waals surface area contributed by atoms with Crippen molar-refractivity contribution >= 4 is 156 Å². The van der Waals surface area contributed by atoms with Crippen molar-refractivity contribution in [2.24, 2.45) is 0 Å². The number of hydrogen-bond acceptors (Lipinski definition) is 18. The largest absolute Gasteiger partial charge is 1.00 e. The summed E-state index contributed by atoms with van der Waals surface area (Å²) in [6.45, 7) is 4.00. The number of phenols is 1. The predicted octanol–water partition coefficient (Wildman–Crippen LogP) is 11.9. The first-order valence-electron chi connectivity index (χ1n) is 27.5. The van der Waals surface area contributed by atoms with Crippen LogP contribution < -0.4 is 136 Å². The summed E-state index contributed by atoms with van der Waals surface area (Å²) in [7, 11) is 0. The van der Waals surface area contributed by atoms with Crippen LogP contribution in [0.15, 0.2) is 227 Å². The van der Waals surface area contributed by atoms with Crippen LogP contribution in [0.2, 0.25) is 15.1 Å². The van der Waals surface area contributed by atoms with Gasteiger partial charge in [0.2, 0.25) is 29.9 Å². The Kier molecular flexibility index (Phi) is 46.1. The number of ether oxygens (including phenoxy) is 4. The standard InChI is InChI=1S/C23H17BrClNO4.C21H13BrClNO4.C13H8ClNO2.C10H10Br2O2.CH2O3.4CH4.2K.Li.H2O.H/c1-2-28-23(27)21(14-6-5-7-15(24)12-14)29-19-11-10-16(25)13-17(19)22-26-18-8-3-4-9-20(18)30-22;22-13-5-3-4-12(10-13)19(21(25)26)27-17-9-8-14(23)11-15(17)20-24-16-6-1-2-7-18(16)28-20;14-8-5-6-11(16)9(7-8)13-15-10-3-1-2-4-12(10)17-13;1-2-14-10(13)9(12)7-4-3-5-8(11)6-7;2-1-4-3;;;;;;;;;/h3-13,21H,2H2,1H3;1-11,19H,(H,25,26);1-7,16H;3-6,9H,2H2,1H3;1,3H;4*1H4;;;;1H2;/q;;;;;;;;;3*+1;;-1/p-2. The second-order valence-corrected chi connectivity index (χ2v) is 23.9. The molecule has 3 heterocycles. The first-order valence-corrected chi connectivity index (χ1v) is 32.0. The molecule has 0 fully saturated rings. The molecule has 29 heteroatoms. The molecule has 518 valence electrons. The summed E-state index contributed by atoms with van der Waals surface area (Å²) in [6.07, 6.45) is -2.17. The average molecular weight is 1740 g/mol. The van der Waals surface area contributed by atoms with Crippen molar-refractivity contribution < 1.29 is 200 Å². The molecular weight excluding hydrogens is 1670 g/mol. The van der Waals surface area contributed by atoms with E-state index >= 15 is 0 Å². The number of aliphatic carboxylic acids is 1. The average Bonchev–Trinajstić information content (AvgIpc) is 1.78. The Balaban J connectivity index is 0. The number of phenolic OH excluding ortho intramolecular Hbond substituents is 1. The Bertz CT molecular complexity index is 4480. The molecule has 0 aliphatic rings.